The number of nitrogens with zero attached hydrogens (tertiary/aromatic N) is 2. The Morgan fingerprint density at radius 3 is 2.68 bits per heavy atom. The van der Waals surface area contributed by atoms with Crippen molar-refractivity contribution in [2.75, 3.05) is 0 Å². The molecule has 0 bridgehead atoms. The second-order valence-electron chi connectivity index (χ2n) is 5.93. The van der Waals surface area contributed by atoms with Crippen LogP contribution < -0.4 is 4.74 Å². The van der Waals surface area contributed by atoms with E-state index >= 15 is 0 Å². The lowest BCUT2D eigenvalue weighted by Crippen LogP contribution is -2.22. The highest BCUT2D eigenvalue weighted by Gasteiger charge is 2.30. The first kappa shape index (κ1) is 14.5. The van der Waals surface area contributed by atoms with Gasteiger partial charge in [-0.25, -0.2) is 9.37 Å². The number of aromatic nitrogens is 2. The fourth-order valence-electron chi connectivity index (χ4n) is 3.36. The molecule has 122 valence electrons. The second kappa shape index (κ2) is 5.33. The van der Waals surface area contributed by atoms with Crippen molar-refractivity contribution in [3.05, 3.63) is 83.3 Å². The Bertz CT molecular complexity index is 1110. The second-order valence-corrected chi connectivity index (χ2v) is 6.32. The van der Waals surface area contributed by atoms with Gasteiger partial charge in [-0.2, -0.15) is 0 Å². The molecule has 0 fully saturated rings. The van der Waals surface area contributed by atoms with E-state index in [0.717, 1.165) is 16.8 Å². The lowest BCUT2D eigenvalue weighted by atomic mass is 10.1. The van der Waals surface area contributed by atoms with Crippen LogP contribution in [0, 0.1) is 5.82 Å². The van der Waals surface area contributed by atoms with E-state index in [2.05, 4.69) is 4.98 Å². The van der Waals surface area contributed by atoms with Gasteiger partial charge in [-0.3, -0.25) is 4.57 Å². The average Bonchev–Trinajstić information content (AvgIpc) is 3.03. The molecule has 3 nitrogen and oxygen atoms in total. The summed E-state index contributed by atoms with van der Waals surface area (Å²) >= 11 is 6.08. The van der Waals surface area contributed by atoms with Crippen LogP contribution in [0.25, 0.3) is 22.3 Å². The molecule has 0 aliphatic carbocycles. The van der Waals surface area contributed by atoms with Gasteiger partial charge >= 0.3 is 0 Å². The molecular weight excluding hydrogens is 339 g/mol. The van der Waals surface area contributed by atoms with Crippen molar-refractivity contribution in [2.24, 2.45) is 0 Å². The Morgan fingerprint density at radius 1 is 1.00 bits per heavy atom. The van der Waals surface area contributed by atoms with E-state index in [1.807, 2.05) is 47.0 Å². The highest BCUT2D eigenvalue weighted by atomic mass is 35.5. The average molecular weight is 351 g/mol. The maximum absolute atomic E-state index is 14.4. The molecule has 0 saturated carbocycles. The Kier molecular flexibility index (Phi) is 3.09. The summed E-state index contributed by atoms with van der Waals surface area (Å²) in [4.78, 5) is 4.41. The van der Waals surface area contributed by atoms with E-state index in [0.29, 0.717) is 22.0 Å². The van der Waals surface area contributed by atoms with Crippen molar-refractivity contribution >= 4 is 22.5 Å². The molecule has 2 aromatic heterocycles. The van der Waals surface area contributed by atoms with E-state index in [-0.39, 0.29) is 5.82 Å². The van der Waals surface area contributed by atoms with Gasteiger partial charge < -0.3 is 4.74 Å². The summed E-state index contributed by atoms with van der Waals surface area (Å²) in [6.07, 6.45) is -0.397. The quantitative estimate of drug-likeness (QED) is 0.428. The van der Waals surface area contributed by atoms with Crippen LogP contribution in [0.15, 0.2) is 66.7 Å². The van der Waals surface area contributed by atoms with Crippen molar-refractivity contribution in [3.8, 4) is 17.1 Å². The van der Waals surface area contributed by atoms with Crippen molar-refractivity contribution in [3.63, 3.8) is 0 Å². The highest BCUT2D eigenvalue weighted by molar-refractivity contribution is 6.29. The number of fused-ring (bicyclic) bond motifs is 5. The van der Waals surface area contributed by atoms with Crippen molar-refractivity contribution in [1.29, 1.82) is 0 Å². The molecule has 25 heavy (non-hydrogen) atoms. The molecule has 4 aromatic rings. The minimum Gasteiger partial charge on any atom is -0.464 e. The standard InChI is InChI=1S/C20H12ClFN2O/c21-18-10-9-17-19(23-18)16-11-13-14(22)7-4-8-15(13)24(16)20(25-17)12-5-2-1-3-6-12/h1-11,20H. The van der Waals surface area contributed by atoms with Gasteiger partial charge in [0.1, 0.15) is 16.7 Å². The first-order valence-corrected chi connectivity index (χ1v) is 8.28. The van der Waals surface area contributed by atoms with Crippen molar-refractivity contribution < 1.29 is 9.13 Å². The molecule has 1 aliphatic heterocycles. The molecule has 3 heterocycles. The molecule has 2 aromatic carbocycles. The fourth-order valence-corrected chi connectivity index (χ4v) is 3.51. The van der Waals surface area contributed by atoms with E-state index < -0.39 is 6.23 Å². The maximum atomic E-state index is 14.4. The summed E-state index contributed by atoms with van der Waals surface area (Å²) in [5.41, 5.74) is 3.15. The number of rotatable bonds is 1. The van der Waals surface area contributed by atoms with Gasteiger partial charge in [0.25, 0.3) is 0 Å². The molecule has 0 saturated heterocycles. The third-order valence-electron chi connectivity index (χ3n) is 4.45. The Labute approximate surface area is 148 Å². The molecular formula is C20H12ClFN2O. The van der Waals surface area contributed by atoms with Crippen LogP contribution in [-0.4, -0.2) is 9.55 Å². The fraction of sp³-hybridized carbons (Fsp3) is 0.0500. The molecule has 5 heteroatoms. The number of benzene rings is 2. The first-order valence-electron chi connectivity index (χ1n) is 7.90. The lowest BCUT2D eigenvalue weighted by molar-refractivity contribution is 0.172. The van der Waals surface area contributed by atoms with Crippen LogP contribution in [-0.2, 0) is 0 Å². The Balaban J connectivity index is 1.86. The molecule has 0 N–H and O–H groups in total. The molecule has 0 amide bonds. The monoisotopic (exact) mass is 350 g/mol. The number of ether oxygens (including phenoxy) is 1. The maximum Gasteiger partial charge on any atom is 0.203 e. The largest absolute Gasteiger partial charge is 0.464 e. The summed E-state index contributed by atoms with van der Waals surface area (Å²) in [5, 5.41) is 0.912. The Morgan fingerprint density at radius 2 is 1.84 bits per heavy atom. The smallest absolute Gasteiger partial charge is 0.203 e. The summed E-state index contributed by atoms with van der Waals surface area (Å²) in [7, 11) is 0. The van der Waals surface area contributed by atoms with Crippen LogP contribution >= 0.6 is 11.6 Å². The van der Waals surface area contributed by atoms with Gasteiger partial charge in [0, 0.05) is 10.9 Å². The predicted octanol–water partition coefficient (Wildman–Crippen LogP) is 5.44. The van der Waals surface area contributed by atoms with Crippen LogP contribution in [0.1, 0.15) is 11.8 Å². The normalized spacial score (nSPS) is 15.5. The minimum absolute atomic E-state index is 0.269. The van der Waals surface area contributed by atoms with Crippen LogP contribution in [0.3, 0.4) is 0 Å². The summed E-state index contributed by atoms with van der Waals surface area (Å²) < 4.78 is 22.6. The number of pyridine rings is 1. The van der Waals surface area contributed by atoms with E-state index in [1.54, 1.807) is 18.2 Å². The molecule has 1 unspecified atom stereocenters. The van der Waals surface area contributed by atoms with Crippen molar-refractivity contribution in [2.45, 2.75) is 6.23 Å². The summed E-state index contributed by atoms with van der Waals surface area (Å²) in [5.74, 6) is 0.365. The molecule has 5 rings (SSSR count). The minimum atomic E-state index is -0.397. The third kappa shape index (κ3) is 2.14. The molecule has 0 radical (unpaired) electrons. The number of hydrogen-bond acceptors (Lipinski definition) is 2. The Hall–Kier alpha value is -2.85. The lowest BCUT2D eigenvalue weighted by Gasteiger charge is -2.29. The van der Waals surface area contributed by atoms with Crippen molar-refractivity contribution in [1.82, 2.24) is 9.55 Å². The third-order valence-corrected chi connectivity index (χ3v) is 4.67. The molecule has 1 atom stereocenters. The number of hydrogen-bond donors (Lipinski definition) is 0. The van der Waals surface area contributed by atoms with Gasteiger partial charge in [-0.05, 0) is 30.3 Å². The summed E-state index contributed by atoms with van der Waals surface area (Å²) in [6, 6.07) is 20.2. The summed E-state index contributed by atoms with van der Waals surface area (Å²) in [6.45, 7) is 0. The zero-order chi connectivity index (χ0) is 17.0. The van der Waals surface area contributed by atoms with Gasteiger partial charge in [0.2, 0.25) is 6.23 Å². The number of halogens is 2. The van der Waals surface area contributed by atoms with Gasteiger partial charge in [-0.1, -0.05) is 48.0 Å². The highest BCUT2D eigenvalue weighted by Crippen LogP contribution is 2.43. The van der Waals surface area contributed by atoms with E-state index in [1.165, 1.54) is 6.07 Å². The van der Waals surface area contributed by atoms with Crippen LogP contribution in [0.4, 0.5) is 4.39 Å². The zero-order valence-electron chi connectivity index (χ0n) is 13.0. The SMILES string of the molecule is Fc1cccc2c1cc1n2C(c2ccccc2)Oc2ccc(Cl)nc2-1. The predicted molar refractivity (Wildman–Crippen MR) is 95.3 cm³/mol. The van der Waals surface area contributed by atoms with Crippen LogP contribution in [0.2, 0.25) is 5.15 Å². The first-order chi connectivity index (χ1) is 12.2. The molecule has 0 spiro atoms. The van der Waals surface area contributed by atoms with E-state index in [4.69, 9.17) is 16.3 Å². The van der Waals surface area contributed by atoms with Gasteiger partial charge in [0.15, 0.2) is 5.75 Å². The molecule has 1 aliphatic rings. The van der Waals surface area contributed by atoms with E-state index in [9.17, 15) is 4.39 Å². The van der Waals surface area contributed by atoms with Crippen LogP contribution in [0.5, 0.6) is 5.75 Å². The van der Waals surface area contributed by atoms with Gasteiger partial charge in [-0.15, -0.1) is 0 Å². The zero-order valence-corrected chi connectivity index (χ0v) is 13.7. The topological polar surface area (TPSA) is 27.1 Å². The van der Waals surface area contributed by atoms with Gasteiger partial charge in [0.05, 0.1) is 11.2 Å².